The summed E-state index contributed by atoms with van der Waals surface area (Å²) in [4.78, 5) is 10.3. The van der Waals surface area contributed by atoms with Crippen molar-refractivity contribution in [2.75, 3.05) is 0 Å². The third-order valence-corrected chi connectivity index (χ3v) is 9.73. The average Bonchev–Trinajstić information content (AvgIpc) is 2.87. The molecule has 1 N–H and O–H groups in total. The maximum Gasteiger partial charge on any atom is 0.118 e. The molecule has 0 fully saturated rings. The summed E-state index contributed by atoms with van der Waals surface area (Å²) in [7, 11) is 0. The number of fused-ring (bicyclic) bond motifs is 2. The van der Waals surface area contributed by atoms with E-state index in [0.717, 1.165) is 27.6 Å². The van der Waals surface area contributed by atoms with Crippen molar-refractivity contribution in [3.05, 3.63) is 111 Å². The van der Waals surface area contributed by atoms with Gasteiger partial charge in [0.2, 0.25) is 0 Å². The van der Waals surface area contributed by atoms with Gasteiger partial charge in [-0.1, -0.05) is 58.0 Å². The van der Waals surface area contributed by atoms with Crippen molar-refractivity contribution in [2.24, 2.45) is 11.8 Å². The largest absolute Gasteiger partial charge is 0.508 e. The molecule has 1 aromatic heterocycles. The molecule has 0 aliphatic heterocycles. The van der Waals surface area contributed by atoms with Crippen LogP contribution in [0.25, 0.3) is 22.1 Å². The minimum absolute atomic E-state index is 0.254. The van der Waals surface area contributed by atoms with Gasteiger partial charge in [0.1, 0.15) is 5.75 Å². The molecular weight excluding hydrogens is 464 g/mol. The van der Waals surface area contributed by atoms with E-state index in [9.17, 15) is 5.11 Å². The van der Waals surface area contributed by atoms with E-state index in [1.54, 1.807) is 0 Å². The molecule has 8 rings (SSSR count). The first kappa shape index (κ1) is 23.4. The van der Waals surface area contributed by atoms with Crippen molar-refractivity contribution in [2.45, 2.75) is 59.3 Å². The molecule has 1 heterocycles. The van der Waals surface area contributed by atoms with E-state index in [4.69, 9.17) is 9.97 Å². The Bertz CT molecular complexity index is 1700. The quantitative estimate of drug-likeness (QED) is 0.251. The van der Waals surface area contributed by atoms with Gasteiger partial charge in [0, 0.05) is 10.8 Å². The van der Waals surface area contributed by atoms with Crippen molar-refractivity contribution in [1.82, 2.24) is 9.97 Å². The molecule has 0 saturated carbocycles. The van der Waals surface area contributed by atoms with E-state index in [0.29, 0.717) is 5.75 Å². The van der Waals surface area contributed by atoms with Gasteiger partial charge in [-0.05, 0) is 113 Å². The predicted octanol–water partition coefficient (Wildman–Crippen LogP) is 8.02. The number of phenolic OH excluding ortho intramolecular Hbond substituents is 1. The first-order valence-corrected chi connectivity index (χ1v) is 13.8. The summed E-state index contributed by atoms with van der Waals surface area (Å²) in [5, 5.41) is 11.0. The second kappa shape index (κ2) is 7.44. The van der Waals surface area contributed by atoms with Crippen molar-refractivity contribution in [3.63, 3.8) is 0 Å². The molecule has 38 heavy (non-hydrogen) atoms. The van der Waals surface area contributed by atoms with Crippen LogP contribution >= 0.6 is 0 Å². The first-order valence-electron chi connectivity index (χ1n) is 13.8. The van der Waals surface area contributed by atoms with Gasteiger partial charge < -0.3 is 5.11 Å². The summed E-state index contributed by atoms with van der Waals surface area (Å²) in [5.74, 6) is 0.905. The lowest BCUT2D eigenvalue weighted by Crippen LogP contribution is -2.55. The SMILES string of the molecule is Cc1cc2nc3cc4c(cc3nc2cc1C)C1(C(C)C)c2ccccc2C4(C(C)C)c2cc(C)c(O)cc21. The fourth-order valence-corrected chi connectivity index (χ4v) is 7.89. The number of nitrogens with zero attached hydrogens (tertiary/aromatic N) is 2. The molecule has 2 unspecified atom stereocenters. The van der Waals surface area contributed by atoms with Crippen LogP contribution in [0.15, 0.2) is 60.7 Å². The molecule has 2 atom stereocenters. The second-order valence-corrected chi connectivity index (χ2v) is 12.2. The molecule has 2 bridgehead atoms. The Morgan fingerprint density at radius 1 is 0.526 bits per heavy atom. The fourth-order valence-electron chi connectivity index (χ4n) is 7.89. The van der Waals surface area contributed by atoms with E-state index < -0.39 is 5.41 Å². The highest BCUT2D eigenvalue weighted by molar-refractivity contribution is 5.90. The smallest absolute Gasteiger partial charge is 0.118 e. The van der Waals surface area contributed by atoms with Crippen LogP contribution in [-0.2, 0) is 10.8 Å². The highest BCUT2D eigenvalue weighted by Gasteiger charge is 2.61. The molecule has 3 aliphatic rings. The second-order valence-electron chi connectivity index (χ2n) is 12.2. The molecular formula is C35H34N2O. The zero-order chi connectivity index (χ0) is 26.7. The Morgan fingerprint density at radius 2 is 0.921 bits per heavy atom. The van der Waals surface area contributed by atoms with Crippen LogP contribution in [0.5, 0.6) is 5.75 Å². The number of aryl methyl sites for hydroxylation is 3. The molecule has 0 spiro atoms. The van der Waals surface area contributed by atoms with E-state index in [1.165, 1.54) is 44.5 Å². The van der Waals surface area contributed by atoms with Crippen LogP contribution in [-0.4, -0.2) is 15.1 Å². The highest BCUT2D eigenvalue weighted by Crippen LogP contribution is 2.67. The van der Waals surface area contributed by atoms with Crippen molar-refractivity contribution in [1.29, 1.82) is 0 Å². The van der Waals surface area contributed by atoms with Gasteiger partial charge >= 0.3 is 0 Å². The Morgan fingerprint density at radius 3 is 1.37 bits per heavy atom. The van der Waals surface area contributed by atoms with Gasteiger partial charge in [0.25, 0.3) is 0 Å². The van der Waals surface area contributed by atoms with Crippen molar-refractivity contribution in [3.8, 4) is 5.75 Å². The van der Waals surface area contributed by atoms with Crippen molar-refractivity contribution >= 4 is 22.1 Å². The lowest BCUT2D eigenvalue weighted by molar-refractivity contribution is 0.324. The summed E-state index contributed by atoms with van der Waals surface area (Å²) in [6.45, 7) is 15.6. The van der Waals surface area contributed by atoms with E-state index in [2.05, 4.69) is 102 Å². The van der Waals surface area contributed by atoms with Crippen LogP contribution in [0.2, 0.25) is 0 Å². The summed E-state index contributed by atoms with van der Waals surface area (Å²) >= 11 is 0. The van der Waals surface area contributed by atoms with E-state index in [-0.39, 0.29) is 17.3 Å². The number of aromatic hydroxyl groups is 1. The first-order chi connectivity index (χ1) is 18.1. The minimum Gasteiger partial charge on any atom is -0.508 e. The molecule has 3 aliphatic carbocycles. The lowest BCUT2D eigenvalue weighted by Gasteiger charge is -2.60. The summed E-state index contributed by atoms with van der Waals surface area (Å²) in [6.07, 6.45) is 0. The lowest BCUT2D eigenvalue weighted by atomic mass is 9.42. The predicted molar refractivity (Wildman–Crippen MR) is 155 cm³/mol. The van der Waals surface area contributed by atoms with Gasteiger partial charge in [0.15, 0.2) is 0 Å². The standard InChI is InChI=1S/C35H34N2O/c1-18(2)34-23-10-8-9-11-24(23)35(19(3)4,28-17-33(38)22(7)12-25(28)34)27-16-32-31(15-26(27)34)36-29-13-20(5)21(6)14-30(29)37-32/h8-19,38H,1-7H3. The zero-order valence-corrected chi connectivity index (χ0v) is 23.3. The Labute approximate surface area is 224 Å². The van der Waals surface area contributed by atoms with Crippen LogP contribution in [0.1, 0.15) is 77.8 Å². The molecule has 190 valence electrons. The normalized spacial score (nSPS) is 21.3. The number of hydrogen-bond donors (Lipinski definition) is 1. The Kier molecular flexibility index (Phi) is 4.58. The summed E-state index contributed by atoms with van der Waals surface area (Å²) in [5.41, 5.74) is 14.3. The van der Waals surface area contributed by atoms with Gasteiger partial charge in [0.05, 0.1) is 22.1 Å². The van der Waals surface area contributed by atoms with E-state index in [1.807, 2.05) is 6.92 Å². The highest BCUT2D eigenvalue weighted by atomic mass is 16.3. The van der Waals surface area contributed by atoms with Gasteiger partial charge in [-0.3, -0.25) is 0 Å². The Balaban J connectivity index is 1.71. The Hall–Kier alpha value is -3.72. The number of benzene rings is 4. The van der Waals surface area contributed by atoms with Crippen molar-refractivity contribution < 1.29 is 5.11 Å². The molecule has 0 radical (unpaired) electrons. The molecule has 3 nitrogen and oxygen atoms in total. The molecule has 5 aromatic rings. The molecule has 4 aromatic carbocycles. The third kappa shape index (κ3) is 2.55. The molecule has 0 amide bonds. The zero-order valence-electron chi connectivity index (χ0n) is 23.3. The van der Waals surface area contributed by atoms with Gasteiger partial charge in [-0.25, -0.2) is 9.97 Å². The van der Waals surface area contributed by atoms with Gasteiger partial charge in [-0.15, -0.1) is 0 Å². The van der Waals surface area contributed by atoms with Crippen LogP contribution < -0.4 is 0 Å². The fraction of sp³-hybridized carbons (Fsp3) is 0.314. The number of phenols is 1. The number of hydrogen-bond acceptors (Lipinski definition) is 3. The minimum atomic E-state index is -0.392. The number of rotatable bonds is 2. The van der Waals surface area contributed by atoms with Crippen LogP contribution in [0.3, 0.4) is 0 Å². The summed E-state index contributed by atoms with van der Waals surface area (Å²) < 4.78 is 0. The van der Waals surface area contributed by atoms with Crippen LogP contribution in [0, 0.1) is 32.6 Å². The third-order valence-electron chi connectivity index (χ3n) is 9.73. The number of aromatic nitrogens is 2. The topological polar surface area (TPSA) is 46.0 Å². The van der Waals surface area contributed by atoms with E-state index >= 15 is 0 Å². The maximum atomic E-state index is 11.0. The molecule has 3 heteroatoms. The van der Waals surface area contributed by atoms with Crippen LogP contribution in [0.4, 0.5) is 0 Å². The summed E-state index contributed by atoms with van der Waals surface area (Å²) in [6, 6.07) is 22.3. The average molecular weight is 499 g/mol. The maximum absolute atomic E-state index is 11.0. The molecule has 0 saturated heterocycles. The monoisotopic (exact) mass is 498 g/mol. The van der Waals surface area contributed by atoms with Gasteiger partial charge in [-0.2, -0.15) is 0 Å².